The summed E-state index contributed by atoms with van der Waals surface area (Å²) >= 11 is 0. The van der Waals surface area contributed by atoms with Crippen LogP contribution in [0.4, 0.5) is 0 Å². The van der Waals surface area contributed by atoms with Gasteiger partial charge in [-0.3, -0.25) is 4.90 Å². The van der Waals surface area contributed by atoms with Gasteiger partial charge < -0.3 is 10.5 Å². The van der Waals surface area contributed by atoms with Crippen molar-refractivity contribution in [1.29, 1.82) is 0 Å². The summed E-state index contributed by atoms with van der Waals surface area (Å²) in [5.41, 5.74) is 6.26. The van der Waals surface area contributed by atoms with Crippen LogP contribution in [-0.4, -0.2) is 43.3 Å². The van der Waals surface area contributed by atoms with Crippen LogP contribution in [0.1, 0.15) is 46.0 Å². The van der Waals surface area contributed by atoms with Crippen molar-refractivity contribution in [3.63, 3.8) is 0 Å². The van der Waals surface area contributed by atoms with Crippen molar-refractivity contribution in [1.82, 2.24) is 4.90 Å². The van der Waals surface area contributed by atoms with Crippen LogP contribution in [-0.2, 0) is 4.74 Å². The van der Waals surface area contributed by atoms with Crippen molar-refractivity contribution in [3.05, 3.63) is 0 Å². The summed E-state index contributed by atoms with van der Waals surface area (Å²) in [6.07, 6.45) is 5.96. The molecule has 0 aromatic carbocycles. The summed E-state index contributed by atoms with van der Waals surface area (Å²) in [7, 11) is 2.23. The molecule has 1 aliphatic heterocycles. The molecule has 0 saturated carbocycles. The molecule has 3 heteroatoms. The monoisotopic (exact) mass is 228 g/mol. The molecular weight excluding hydrogens is 200 g/mol. The average molecular weight is 228 g/mol. The lowest BCUT2D eigenvalue weighted by atomic mass is 9.85. The Balaban J connectivity index is 2.71. The maximum atomic E-state index is 6.07. The Morgan fingerprint density at radius 3 is 2.31 bits per heavy atom. The molecule has 16 heavy (non-hydrogen) atoms. The third-order valence-electron chi connectivity index (χ3n) is 4.01. The molecule has 96 valence electrons. The van der Waals surface area contributed by atoms with Gasteiger partial charge in [0, 0.05) is 24.7 Å². The van der Waals surface area contributed by atoms with Gasteiger partial charge in [0.25, 0.3) is 0 Å². The van der Waals surface area contributed by atoms with Gasteiger partial charge in [0.05, 0.1) is 6.61 Å². The minimum atomic E-state index is 0.196. The van der Waals surface area contributed by atoms with Crippen molar-refractivity contribution in [3.8, 4) is 0 Å². The standard InChI is InChI=1S/C13H28N2O/c1-4-7-13(11-14,8-5-2)15(3)12-6-9-16-10-12/h12H,4-11,14H2,1-3H3. The molecule has 2 N–H and O–H groups in total. The first-order chi connectivity index (χ1) is 7.70. The molecule has 0 radical (unpaired) electrons. The number of nitrogens with zero attached hydrogens (tertiary/aromatic N) is 1. The maximum absolute atomic E-state index is 6.07. The number of hydrogen-bond donors (Lipinski definition) is 1. The second kappa shape index (κ2) is 6.58. The SMILES string of the molecule is CCCC(CN)(CCC)N(C)C1CCOC1. The molecule has 0 aliphatic carbocycles. The molecule has 0 spiro atoms. The van der Waals surface area contributed by atoms with Gasteiger partial charge in [-0.05, 0) is 26.3 Å². The van der Waals surface area contributed by atoms with Gasteiger partial charge in [0.15, 0.2) is 0 Å². The average Bonchev–Trinajstić information content (AvgIpc) is 2.81. The van der Waals surface area contributed by atoms with Crippen molar-refractivity contribution in [2.75, 3.05) is 26.8 Å². The summed E-state index contributed by atoms with van der Waals surface area (Å²) in [5, 5.41) is 0. The molecule has 0 aromatic rings. The van der Waals surface area contributed by atoms with E-state index in [1.54, 1.807) is 0 Å². The van der Waals surface area contributed by atoms with E-state index in [4.69, 9.17) is 10.5 Å². The fourth-order valence-electron chi connectivity index (χ4n) is 2.97. The second-order valence-electron chi connectivity index (χ2n) is 5.06. The van der Waals surface area contributed by atoms with Crippen molar-refractivity contribution in [2.24, 2.45) is 5.73 Å². The minimum Gasteiger partial charge on any atom is -0.380 e. The normalized spacial score (nSPS) is 21.9. The number of ether oxygens (including phenoxy) is 1. The first-order valence-electron chi connectivity index (χ1n) is 6.71. The Hall–Kier alpha value is -0.120. The highest BCUT2D eigenvalue weighted by Crippen LogP contribution is 2.29. The summed E-state index contributed by atoms with van der Waals surface area (Å²) in [6, 6.07) is 0.571. The lowest BCUT2D eigenvalue weighted by Crippen LogP contribution is -2.56. The van der Waals surface area contributed by atoms with Crippen LogP contribution in [0.2, 0.25) is 0 Å². The van der Waals surface area contributed by atoms with Crippen LogP contribution >= 0.6 is 0 Å². The van der Waals surface area contributed by atoms with Gasteiger partial charge in [-0.2, -0.15) is 0 Å². The van der Waals surface area contributed by atoms with Gasteiger partial charge in [-0.15, -0.1) is 0 Å². The third-order valence-corrected chi connectivity index (χ3v) is 4.01. The number of nitrogens with two attached hydrogens (primary N) is 1. The van der Waals surface area contributed by atoms with E-state index in [1.807, 2.05) is 0 Å². The molecule has 1 rings (SSSR count). The lowest BCUT2D eigenvalue weighted by molar-refractivity contribution is 0.0511. The number of likely N-dealkylation sites (N-methyl/N-ethyl adjacent to an activating group) is 1. The lowest BCUT2D eigenvalue weighted by Gasteiger charge is -2.44. The van der Waals surface area contributed by atoms with Crippen molar-refractivity contribution >= 4 is 0 Å². The summed E-state index contributed by atoms with van der Waals surface area (Å²) in [4.78, 5) is 2.51. The highest BCUT2D eigenvalue weighted by Gasteiger charge is 2.36. The maximum Gasteiger partial charge on any atom is 0.0622 e. The Morgan fingerprint density at radius 1 is 1.31 bits per heavy atom. The van der Waals surface area contributed by atoms with Gasteiger partial charge in [-0.25, -0.2) is 0 Å². The van der Waals surface area contributed by atoms with E-state index in [0.29, 0.717) is 6.04 Å². The first-order valence-corrected chi connectivity index (χ1v) is 6.71. The minimum absolute atomic E-state index is 0.196. The fraction of sp³-hybridized carbons (Fsp3) is 1.00. The Morgan fingerprint density at radius 2 is 1.94 bits per heavy atom. The molecule has 0 amide bonds. The Bertz CT molecular complexity index is 184. The van der Waals surface area contributed by atoms with E-state index in [-0.39, 0.29) is 5.54 Å². The quantitative estimate of drug-likeness (QED) is 0.724. The van der Waals surface area contributed by atoms with E-state index < -0.39 is 0 Å². The van der Waals surface area contributed by atoms with E-state index >= 15 is 0 Å². The molecule has 0 bridgehead atoms. The Labute approximate surface area is 100 Å². The van der Waals surface area contributed by atoms with Crippen LogP contribution in [0.15, 0.2) is 0 Å². The van der Waals surface area contributed by atoms with E-state index in [0.717, 1.165) is 26.2 Å². The van der Waals surface area contributed by atoms with Gasteiger partial charge in [0.2, 0.25) is 0 Å². The first kappa shape index (κ1) is 13.9. The van der Waals surface area contributed by atoms with Crippen molar-refractivity contribution in [2.45, 2.75) is 57.5 Å². The zero-order valence-electron chi connectivity index (χ0n) is 11.2. The molecule has 1 atom stereocenters. The molecule has 1 fully saturated rings. The van der Waals surface area contributed by atoms with E-state index in [1.165, 1.54) is 25.7 Å². The largest absolute Gasteiger partial charge is 0.380 e. The molecule has 0 aromatic heterocycles. The molecule has 1 heterocycles. The highest BCUT2D eigenvalue weighted by atomic mass is 16.5. The topological polar surface area (TPSA) is 38.5 Å². The zero-order chi connectivity index (χ0) is 12.0. The van der Waals surface area contributed by atoms with Gasteiger partial charge >= 0.3 is 0 Å². The van der Waals surface area contributed by atoms with Gasteiger partial charge in [-0.1, -0.05) is 26.7 Å². The second-order valence-corrected chi connectivity index (χ2v) is 5.06. The van der Waals surface area contributed by atoms with Crippen LogP contribution in [0.25, 0.3) is 0 Å². The fourth-order valence-corrected chi connectivity index (χ4v) is 2.97. The highest BCUT2D eigenvalue weighted by molar-refractivity contribution is 4.93. The molecule has 3 nitrogen and oxygen atoms in total. The van der Waals surface area contributed by atoms with Crippen LogP contribution in [0.5, 0.6) is 0 Å². The van der Waals surface area contributed by atoms with Crippen LogP contribution < -0.4 is 5.73 Å². The third kappa shape index (κ3) is 2.96. The summed E-state index contributed by atoms with van der Waals surface area (Å²) in [5.74, 6) is 0. The van der Waals surface area contributed by atoms with E-state index in [9.17, 15) is 0 Å². The van der Waals surface area contributed by atoms with E-state index in [2.05, 4.69) is 25.8 Å². The zero-order valence-corrected chi connectivity index (χ0v) is 11.2. The number of hydrogen-bond acceptors (Lipinski definition) is 3. The molecular formula is C13H28N2O. The number of rotatable bonds is 7. The van der Waals surface area contributed by atoms with Crippen molar-refractivity contribution < 1.29 is 4.74 Å². The smallest absolute Gasteiger partial charge is 0.0622 e. The van der Waals surface area contributed by atoms with Crippen LogP contribution in [0, 0.1) is 0 Å². The molecule has 1 unspecified atom stereocenters. The molecule has 1 saturated heterocycles. The predicted octanol–water partition coefficient (Wildman–Crippen LogP) is 2.00. The van der Waals surface area contributed by atoms with Crippen LogP contribution in [0.3, 0.4) is 0 Å². The molecule has 1 aliphatic rings. The predicted molar refractivity (Wildman–Crippen MR) is 68.6 cm³/mol. The van der Waals surface area contributed by atoms with Gasteiger partial charge in [0.1, 0.15) is 0 Å². The summed E-state index contributed by atoms with van der Waals surface area (Å²) < 4.78 is 5.49. The summed E-state index contributed by atoms with van der Waals surface area (Å²) in [6.45, 7) is 7.05. The Kier molecular flexibility index (Phi) is 5.73.